The quantitative estimate of drug-likeness (QED) is 0.756. The van der Waals surface area contributed by atoms with E-state index in [0.717, 1.165) is 43.1 Å². The van der Waals surface area contributed by atoms with Crippen molar-refractivity contribution >= 4 is 5.82 Å². The molecule has 0 aliphatic carbocycles. The molecule has 0 spiro atoms. The standard InChI is InChI=1S/C18H19N7/c1-2-6-21-14(3-1)15-11-17(23-13-4-7-19-8-5-13)25-18(24-15)16-12-20-9-10-22-16/h1-3,6,9-13,19H,4-5,7-8H2,(H,23,24,25). The van der Waals surface area contributed by atoms with Crippen LogP contribution in [0.1, 0.15) is 12.8 Å². The normalized spacial score (nSPS) is 15.0. The predicted molar refractivity (Wildman–Crippen MR) is 95.8 cm³/mol. The molecule has 0 bridgehead atoms. The second-order valence-corrected chi connectivity index (χ2v) is 5.94. The lowest BCUT2D eigenvalue weighted by molar-refractivity contribution is 0.478. The van der Waals surface area contributed by atoms with Crippen molar-refractivity contribution in [2.24, 2.45) is 0 Å². The molecule has 126 valence electrons. The third-order valence-electron chi connectivity index (χ3n) is 4.14. The van der Waals surface area contributed by atoms with E-state index >= 15 is 0 Å². The number of nitrogens with zero attached hydrogens (tertiary/aromatic N) is 5. The monoisotopic (exact) mass is 333 g/mol. The molecule has 0 radical (unpaired) electrons. The van der Waals surface area contributed by atoms with E-state index in [1.165, 1.54) is 0 Å². The maximum atomic E-state index is 4.65. The fraction of sp³-hybridized carbons (Fsp3) is 0.278. The summed E-state index contributed by atoms with van der Waals surface area (Å²) in [6, 6.07) is 8.14. The van der Waals surface area contributed by atoms with Crippen molar-refractivity contribution in [3.8, 4) is 22.9 Å². The highest BCUT2D eigenvalue weighted by molar-refractivity contribution is 5.63. The largest absolute Gasteiger partial charge is 0.367 e. The molecular weight excluding hydrogens is 314 g/mol. The fourth-order valence-electron chi connectivity index (χ4n) is 2.87. The van der Waals surface area contributed by atoms with Crippen LogP contribution >= 0.6 is 0 Å². The van der Waals surface area contributed by atoms with Crippen LogP contribution in [0.25, 0.3) is 22.9 Å². The van der Waals surface area contributed by atoms with Crippen LogP contribution in [0.5, 0.6) is 0 Å². The third-order valence-corrected chi connectivity index (χ3v) is 4.14. The Balaban J connectivity index is 1.72. The van der Waals surface area contributed by atoms with Crippen molar-refractivity contribution in [2.75, 3.05) is 18.4 Å². The number of rotatable bonds is 4. The zero-order valence-corrected chi connectivity index (χ0v) is 13.8. The Kier molecular flexibility index (Phi) is 4.56. The highest BCUT2D eigenvalue weighted by Crippen LogP contribution is 2.23. The summed E-state index contributed by atoms with van der Waals surface area (Å²) in [7, 11) is 0. The molecule has 0 amide bonds. The molecule has 1 fully saturated rings. The van der Waals surface area contributed by atoms with Crippen molar-refractivity contribution in [3.63, 3.8) is 0 Å². The van der Waals surface area contributed by atoms with Gasteiger partial charge in [-0.25, -0.2) is 15.0 Å². The Hall–Kier alpha value is -2.93. The second kappa shape index (κ2) is 7.31. The van der Waals surface area contributed by atoms with Gasteiger partial charge in [0.15, 0.2) is 5.82 Å². The first kappa shape index (κ1) is 15.6. The van der Waals surface area contributed by atoms with Gasteiger partial charge in [-0.3, -0.25) is 9.97 Å². The minimum Gasteiger partial charge on any atom is -0.367 e. The van der Waals surface area contributed by atoms with Crippen molar-refractivity contribution in [1.82, 2.24) is 30.2 Å². The Morgan fingerprint density at radius 2 is 1.80 bits per heavy atom. The summed E-state index contributed by atoms with van der Waals surface area (Å²) in [5.74, 6) is 1.34. The zero-order chi connectivity index (χ0) is 16.9. The molecule has 1 aliphatic rings. The Morgan fingerprint density at radius 3 is 2.56 bits per heavy atom. The molecule has 3 aromatic heterocycles. The molecule has 1 aliphatic heterocycles. The molecule has 4 heterocycles. The van der Waals surface area contributed by atoms with E-state index in [0.29, 0.717) is 17.6 Å². The number of nitrogens with one attached hydrogen (secondary N) is 2. The van der Waals surface area contributed by atoms with Gasteiger partial charge in [-0.2, -0.15) is 0 Å². The van der Waals surface area contributed by atoms with Gasteiger partial charge in [-0.15, -0.1) is 0 Å². The van der Waals surface area contributed by atoms with Gasteiger partial charge in [0.25, 0.3) is 0 Å². The van der Waals surface area contributed by atoms with E-state index in [9.17, 15) is 0 Å². The van der Waals surface area contributed by atoms with Crippen LogP contribution in [-0.2, 0) is 0 Å². The van der Waals surface area contributed by atoms with Crippen LogP contribution in [-0.4, -0.2) is 44.1 Å². The Morgan fingerprint density at radius 1 is 0.920 bits per heavy atom. The third kappa shape index (κ3) is 3.77. The van der Waals surface area contributed by atoms with Gasteiger partial charge in [0.1, 0.15) is 11.5 Å². The van der Waals surface area contributed by atoms with E-state index < -0.39 is 0 Å². The van der Waals surface area contributed by atoms with Gasteiger partial charge >= 0.3 is 0 Å². The van der Waals surface area contributed by atoms with Gasteiger partial charge in [0.2, 0.25) is 0 Å². The zero-order valence-electron chi connectivity index (χ0n) is 13.8. The van der Waals surface area contributed by atoms with Gasteiger partial charge in [-0.1, -0.05) is 6.07 Å². The van der Waals surface area contributed by atoms with Crippen LogP contribution in [0.15, 0.2) is 49.1 Å². The summed E-state index contributed by atoms with van der Waals surface area (Å²) in [5.41, 5.74) is 2.23. The predicted octanol–water partition coefficient (Wildman–Crippen LogP) is 2.16. The highest BCUT2D eigenvalue weighted by Gasteiger charge is 2.16. The molecule has 0 atom stereocenters. The lowest BCUT2D eigenvalue weighted by atomic mass is 10.1. The maximum Gasteiger partial charge on any atom is 0.182 e. The fourth-order valence-corrected chi connectivity index (χ4v) is 2.87. The first-order valence-corrected chi connectivity index (χ1v) is 8.42. The molecule has 7 heteroatoms. The number of anilines is 1. The highest BCUT2D eigenvalue weighted by atomic mass is 15.1. The Labute approximate surface area is 146 Å². The van der Waals surface area contributed by atoms with Crippen LogP contribution in [0.4, 0.5) is 5.82 Å². The number of hydrogen-bond acceptors (Lipinski definition) is 7. The summed E-state index contributed by atoms with van der Waals surface area (Å²) in [4.78, 5) is 22.1. The smallest absolute Gasteiger partial charge is 0.182 e. The average molecular weight is 333 g/mol. The molecule has 0 unspecified atom stereocenters. The summed E-state index contributed by atoms with van der Waals surface area (Å²) < 4.78 is 0. The number of aromatic nitrogens is 5. The van der Waals surface area contributed by atoms with Crippen LogP contribution in [0.3, 0.4) is 0 Å². The van der Waals surface area contributed by atoms with E-state index in [-0.39, 0.29) is 0 Å². The molecule has 0 aromatic carbocycles. The van der Waals surface area contributed by atoms with E-state index in [1.807, 2.05) is 24.3 Å². The maximum absolute atomic E-state index is 4.65. The van der Waals surface area contributed by atoms with E-state index in [4.69, 9.17) is 0 Å². The molecule has 25 heavy (non-hydrogen) atoms. The first-order valence-electron chi connectivity index (χ1n) is 8.42. The average Bonchev–Trinajstić information content (AvgIpc) is 2.70. The van der Waals surface area contributed by atoms with E-state index in [1.54, 1.807) is 24.8 Å². The van der Waals surface area contributed by atoms with Gasteiger partial charge in [-0.05, 0) is 38.1 Å². The molecule has 3 aromatic rings. The summed E-state index contributed by atoms with van der Waals surface area (Å²) in [6.07, 6.45) is 8.87. The van der Waals surface area contributed by atoms with Gasteiger partial charge in [0.05, 0.1) is 17.6 Å². The van der Waals surface area contributed by atoms with Gasteiger partial charge in [0, 0.05) is 30.7 Å². The molecule has 1 saturated heterocycles. The molecule has 0 saturated carbocycles. The van der Waals surface area contributed by atoms with Crippen molar-refractivity contribution in [1.29, 1.82) is 0 Å². The molecule has 4 rings (SSSR count). The summed E-state index contributed by atoms with van der Waals surface area (Å²) in [5, 5.41) is 6.91. The minimum atomic E-state index is 0.405. The van der Waals surface area contributed by atoms with Crippen molar-refractivity contribution in [3.05, 3.63) is 49.1 Å². The number of piperidine rings is 1. The number of pyridine rings is 1. The summed E-state index contributed by atoms with van der Waals surface area (Å²) in [6.45, 7) is 2.04. The molecule has 7 nitrogen and oxygen atoms in total. The molecule has 2 N–H and O–H groups in total. The second-order valence-electron chi connectivity index (χ2n) is 5.94. The SMILES string of the molecule is c1ccc(-c2cc(NC3CCNCC3)nc(-c3cnccn3)n2)nc1. The molecular formula is C18H19N7. The van der Waals surface area contributed by atoms with Crippen LogP contribution < -0.4 is 10.6 Å². The van der Waals surface area contributed by atoms with Crippen LogP contribution in [0.2, 0.25) is 0 Å². The Bertz CT molecular complexity index is 760. The first-order chi connectivity index (χ1) is 12.4. The topological polar surface area (TPSA) is 88.5 Å². The summed E-state index contributed by atoms with van der Waals surface area (Å²) >= 11 is 0. The van der Waals surface area contributed by atoms with Crippen LogP contribution in [0, 0.1) is 0 Å². The van der Waals surface area contributed by atoms with Crippen molar-refractivity contribution in [2.45, 2.75) is 18.9 Å². The lowest BCUT2D eigenvalue weighted by Gasteiger charge is -2.24. The van der Waals surface area contributed by atoms with Crippen molar-refractivity contribution < 1.29 is 0 Å². The lowest BCUT2D eigenvalue weighted by Crippen LogP contribution is -2.35. The minimum absolute atomic E-state index is 0.405. The van der Waals surface area contributed by atoms with E-state index in [2.05, 4.69) is 35.6 Å². The van der Waals surface area contributed by atoms with Gasteiger partial charge < -0.3 is 10.6 Å². The number of hydrogen-bond donors (Lipinski definition) is 2.